The van der Waals surface area contributed by atoms with Crippen molar-refractivity contribution < 1.29 is 35.9 Å². The highest BCUT2D eigenvalue weighted by Gasteiger charge is 2.25. The average molecular weight is 508 g/mol. The van der Waals surface area contributed by atoms with Crippen LogP contribution in [0.1, 0.15) is 16.1 Å². The second-order valence-corrected chi connectivity index (χ2v) is 9.03. The summed E-state index contributed by atoms with van der Waals surface area (Å²) >= 11 is 0. The number of amides is 1. The Morgan fingerprint density at radius 1 is 1.06 bits per heavy atom. The Hall–Kier alpha value is -3.97. The van der Waals surface area contributed by atoms with Crippen LogP contribution in [-0.2, 0) is 16.6 Å². The number of carbonyl (C=O) groups excluding carboxylic acids is 1. The first-order valence-corrected chi connectivity index (χ1v) is 11.4. The molecule has 0 unspecified atom stereocenters. The number of hydrogen-bond acceptors (Lipinski definition) is 5. The third-order valence-electron chi connectivity index (χ3n) is 5.15. The van der Waals surface area contributed by atoms with E-state index in [-0.39, 0.29) is 22.2 Å². The largest absolute Gasteiger partial charge is 0.392 e. The molecule has 0 atom stereocenters. The summed E-state index contributed by atoms with van der Waals surface area (Å²) in [5.74, 6) is -5.32. The van der Waals surface area contributed by atoms with Crippen LogP contribution < -0.4 is 10.0 Å². The van der Waals surface area contributed by atoms with Gasteiger partial charge in [-0.3, -0.25) is 14.6 Å². The summed E-state index contributed by atoms with van der Waals surface area (Å²) in [7, 11) is -3.23. The van der Waals surface area contributed by atoms with Crippen molar-refractivity contribution in [2.75, 3.05) is 11.8 Å². The second kappa shape index (κ2) is 9.00. The number of H-pyrrole nitrogens is 1. The highest BCUT2D eigenvalue weighted by Crippen LogP contribution is 2.36. The molecule has 0 spiro atoms. The summed E-state index contributed by atoms with van der Waals surface area (Å²) in [5, 5.41) is 17.6. The van der Waals surface area contributed by atoms with Crippen molar-refractivity contribution in [3.05, 3.63) is 77.0 Å². The molecular weight excluding hydrogens is 492 g/mol. The number of rotatable bonds is 6. The lowest BCUT2D eigenvalue weighted by Crippen LogP contribution is -2.18. The van der Waals surface area contributed by atoms with Crippen molar-refractivity contribution >= 4 is 32.5 Å². The number of aromatic nitrogens is 2. The predicted octanol–water partition coefficient (Wildman–Crippen LogP) is 3.44. The number of hydrogen-bond donors (Lipinski definition) is 4. The molecule has 0 aliphatic carbocycles. The van der Waals surface area contributed by atoms with Gasteiger partial charge >= 0.3 is 0 Å². The molecular formula is C22H16F4N4O4S. The van der Waals surface area contributed by atoms with Crippen molar-refractivity contribution in [2.45, 2.75) is 11.5 Å². The van der Waals surface area contributed by atoms with Crippen LogP contribution in [0.5, 0.6) is 0 Å². The van der Waals surface area contributed by atoms with E-state index < -0.39 is 67.5 Å². The molecule has 4 N–H and O–H groups in total. The van der Waals surface area contributed by atoms with Gasteiger partial charge in [0, 0.05) is 18.0 Å². The van der Waals surface area contributed by atoms with Gasteiger partial charge in [0.1, 0.15) is 17.2 Å². The highest BCUT2D eigenvalue weighted by atomic mass is 32.2. The molecule has 0 fully saturated rings. The lowest BCUT2D eigenvalue weighted by molar-refractivity contribution is 0.0959. The fourth-order valence-electron chi connectivity index (χ4n) is 3.49. The fourth-order valence-corrected chi connectivity index (χ4v) is 4.63. The number of nitrogens with zero attached hydrogens (tertiary/aromatic N) is 1. The third-order valence-corrected chi connectivity index (χ3v) is 6.49. The molecule has 182 valence electrons. The maximum atomic E-state index is 15.3. The van der Waals surface area contributed by atoms with Crippen LogP contribution in [0.25, 0.3) is 22.0 Å². The molecule has 0 aliphatic heterocycles. The second-order valence-electron chi connectivity index (χ2n) is 7.34. The summed E-state index contributed by atoms with van der Waals surface area (Å²) in [6, 6.07) is 6.32. The number of aromatic amines is 1. The number of fused-ring (bicyclic) bond motifs is 1. The van der Waals surface area contributed by atoms with E-state index >= 15 is 8.78 Å². The molecule has 0 bridgehead atoms. The van der Waals surface area contributed by atoms with Crippen molar-refractivity contribution in [2.24, 2.45) is 0 Å². The van der Waals surface area contributed by atoms with E-state index in [9.17, 15) is 27.1 Å². The molecule has 0 saturated heterocycles. The summed E-state index contributed by atoms with van der Waals surface area (Å²) < 4.78 is 86.2. The molecule has 0 radical (unpaired) electrons. The average Bonchev–Trinajstić information content (AvgIpc) is 3.26. The third kappa shape index (κ3) is 4.31. The number of nitrogens with one attached hydrogen (secondary N) is 3. The Kier molecular flexibility index (Phi) is 6.21. The van der Waals surface area contributed by atoms with E-state index in [4.69, 9.17) is 0 Å². The molecule has 1 aromatic heterocycles. The Morgan fingerprint density at radius 2 is 1.80 bits per heavy atom. The molecule has 4 aromatic rings. The van der Waals surface area contributed by atoms with Crippen LogP contribution >= 0.6 is 0 Å². The maximum Gasteiger partial charge on any atom is 0.272 e. The van der Waals surface area contributed by atoms with Crippen LogP contribution in [0.2, 0.25) is 0 Å². The zero-order chi connectivity index (χ0) is 25.5. The molecule has 4 rings (SSSR count). The van der Waals surface area contributed by atoms with E-state index in [2.05, 4.69) is 15.5 Å². The first-order valence-electron chi connectivity index (χ1n) is 9.87. The quantitative estimate of drug-likeness (QED) is 0.297. The number of aliphatic hydroxyl groups is 1. The van der Waals surface area contributed by atoms with Crippen molar-refractivity contribution in [3.63, 3.8) is 0 Å². The van der Waals surface area contributed by atoms with Gasteiger partial charge in [-0.1, -0.05) is 6.07 Å². The van der Waals surface area contributed by atoms with Gasteiger partial charge in [0.25, 0.3) is 15.9 Å². The van der Waals surface area contributed by atoms with Gasteiger partial charge in [-0.05, 0) is 42.0 Å². The molecule has 13 heteroatoms. The predicted molar refractivity (Wildman–Crippen MR) is 118 cm³/mol. The first-order chi connectivity index (χ1) is 16.6. The topological polar surface area (TPSA) is 124 Å². The van der Waals surface area contributed by atoms with Crippen LogP contribution in [0.3, 0.4) is 0 Å². The lowest BCUT2D eigenvalue weighted by Gasteiger charge is -2.14. The van der Waals surface area contributed by atoms with Crippen molar-refractivity contribution in [1.82, 2.24) is 15.5 Å². The summed E-state index contributed by atoms with van der Waals surface area (Å²) in [6.45, 7) is -0.647. The minimum absolute atomic E-state index is 0.0447. The van der Waals surface area contributed by atoms with Gasteiger partial charge in [0.2, 0.25) is 0 Å². The Balaban J connectivity index is 1.80. The zero-order valence-corrected chi connectivity index (χ0v) is 18.6. The maximum absolute atomic E-state index is 15.3. The number of anilines is 1. The fraction of sp³-hybridized carbons (Fsp3) is 0.0909. The SMILES string of the molecule is CNC(=O)c1n[nH]c2c(F)c(-c3c(F)ccc(NS(=O)(=O)c4cc(F)cc(CO)c4)c3F)ccc12. The molecule has 0 saturated carbocycles. The molecule has 3 aromatic carbocycles. The molecule has 0 aliphatic rings. The summed E-state index contributed by atoms with van der Waals surface area (Å²) in [5.41, 5.74) is -2.64. The summed E-state index contributed by atoms with van der Waals surface area (Å²) in [4.78, 5) is 11.3. The number of sulfonamides is 1. The minimum atomic E-state index is -4.57. The molecule has 1 amide bonds. The van der Waals surface area contributed by atoms with E-state index in [1.807, 2.05) is 4.72 Å². The van der Waals surface area contributed by atoms with E-state index in [0.29, 0.717) is 6.07 Å². The van der Waals surface area contributed by atoms with Crippen LogP contribution in [-0.4, -0.2) is 36.7 Å². The van der Waals surface area contributed by atoms with Gasteiger partial charge in [-0.2, -0.15) is 5.10 Å². The van der Waals surface area contributed by atoms with Crippen LogP contribution in [0.15, 0.2) is 47.4 Å². The Bertz CT molecular complexity index is 1590. The van der Waals surface area contributed by atoms with Gasteiger partial charge in [-0.15, -0.1) is 0 Å². The molecule has 35 heavy (non-hydrogen) atoms. The van der Waals surface area contributed by atoms with Crippen molar-refractivity contribution in [3.8, 4) is 11.1 Å². The van der Waals surface area contributed by atoms with Gasteiger partial charge in [0.05, 0.1) is 22.8 Å². The highest BCUT2D eigenvalue weighted by molar-refractivity contribution is 7.92. The summed E-state index contributed by atoms with van der Waals surface area (Å²) in [6.07, 6.45) is 0. The van der Waals surface area contributed by atoms with E-state index in [1.165, 1.54) is 13.1 Å². The molecule has 8 nitrogen and oxygen atoms in total. The number of halogens is 4. The van der Waals surface area contributed by atoms with E-state index in [1.54, 1.807) is 0 Å². The van der Waals surface area contributed by atoms with Gasteiger partial charge in [-0.25, -0.2) is 26.0 Å². The van der Waals surface area contributed by atoms with Crippen molar-refractivity contribution in [1.29, 1.82) is 0 Å². The van der Waals surface area contributed by atoms with Crippen LogP contribution in [0.4, 0.5) is 23.2 Å². The standard InChI is InChI=1S/C22H16F4N4O4S/c1-27-22(32)21-14-3-2-13(18(25)20(14)28-29-21)17-15(24)4-5-16(19(17)26)30-35(33,34)12-7-10(9-31)6-11(23)8-12/h2-8,30-31H,9H2,1H3,(H,27,32)(H,28,29). The number of benzene rings is 3. The lowest BCUT2D eigenvalue weighted by atomic mass is 10.0. The number of carbonyl (C=O) groups is 1. The normalized spacial score (nSPS) is 11.6. The smallest absolute Gasteiger partial charge is 0.272 e. The number of aliphatic hydroxyl groups excluding tert-OH is 1. The first kappa shape index (κ1) is 24.2. The van der Waals surface area contributed by atoms with Crippen LogP contribution in [0, 0.1) is 23.3 Å². The van der Waals surface area contributed by atoms with E-state index in [0.717, 1.165) is 30.3 Å². The Labute approximate surface area is 195 Å². The monoisotopic (exact) mass is 508 g/mol. The van der Waals surface area contributed by atoms with Gasteiger partial charge < -0.3 is 10.4 Å². The molecule has 1 heterocycles. The zero-order valence-electron chi connectivity index (χ0n) is 17.8. The minimum Gasteiger partial charge on any atom is -0.392 e. The Morgan fingerprint density at radius 3 is 2.49 bits per heavy atom. The van der Waals surface area contributed by atoms with Gasteiger partial charge in [0.15, 0.2) is 17.3 Å².